The predicted molar refractivity (Wildman–Crippen MR) is 118 cm³/mol. The van der Waals surface area contributed by atoms with Gasteiger partial charge in [0.15, 0.2) is 5.11 Å². The molecule has 1 aliphatic heterocycles. The molecule has 0 atom stereocenters. The van der Waals surface area contributed by atoms with E-state index in [-0.39, 0.29) is 4.90 Å². The normalized spacial score (nSPS) is 15.2. The lowest BCUT2D eigenvalue weighted by molar-refractivity contribution is 0.0730. The van der Waals surface area contributed by atoms with Gasteiger partial charge in [0.1, 0.15) is 0 Å². The van der Waals surface area contributed by atoms with E-state index in [1.165, 1.54) is 4.31 Å². The zero-order chi connectivity index (χ0) is 20.3. The first-order valence-electron chi connectivity index (χ1n) is 9.13. The Balaban J connectivity index is 1.45. The largest absolute Gasteiger partial charge is 0.379 e. The van der Waals surface area contributed by atoms with Gasteiger partial charge in [-0.1, -0.05) is 12.1 Å². The van der Waals surface area contributed by atoms with E-state index in [1.807, 2.05) is 24.3 Å². The molecule has 0 aliphatic carbocycles. The highest BCUT2D eigenvalue weighted by Gasteiger charge is 2.26. The Kier molecular flexibility index (Phi) is 5.72. The van der Waals surface area contributed by atoms with Crippen LogP contribution >= 0.6 is 12.2 Å². The van der Waals surface area contributed by atoms with Crippen molar-refractivity contribution in [1.82, 2.24) is 9.29 Å². The molecule has 1 fully saturated rings. The lowest BCUT2D eigenvalue weighted by atomic mass is 10.1. The minimum absolute atomic E-state index is 0.255. The van der Waals surface area contributed by atoms with Crippen molar-refractivity contribution in [3.05, 3.63) is 60.9 Å². The van der Waals surface area contributed by atoms with Crippen LogP contribution in [-0.2, 0) is 14.8 Å². The Bertz CT molecular complexity index is 1120. The number of anilines is 2. The molecule has 0 spiro atoms. The maximum atomic E-state index is 12.7. The number of pyridine rings is 1. The number of nitrogens with zero attached hydrogens (tertiary/aromatic N) is 2. The fourth-order valence-electron chi connectivity index (χ4n) is 3.16. The Morgan fingerprint density at radius 3 is 2.55 bits per heavy atom. The van der Waals surface area contributed by atoms with Gasteiger partial charge in [-0.3, -0.25) is 4.98 Å². The molecule has 1 aliphatic rings. The van der Waals surface area contributed by atoms with Gasteiger partial charge in [0.2, 0.25) is 10.0 Å². The molecule has 0 radical (unpaired) electrons. The van der Waals surface area contributed by atoms with Crippen molar-refractivity contribution in [2.75, 3.05) is 36.9 Å². The van der Waals surface area contributed by atoms with Crippen LogP contribution in [0.4, 0.5) is 11.4 Å². The average molecular weight is 429 g/mol. The van der Waals surface area contributed by atoms with Gasteiger partial charge in [0, 0.05) is 47.6 Å². The fourth-order valence-corrected chi connectivity index (χ4v) is 4.80. The molecule has 29 heavy (non-hydrogen) atoms. The number of hydrogen-bond acceptors (Lipinski definition) is 5. The summed E-state index contributed by atoms with van der Waals surface area (Å²) in [6.07, 6.45) is 3.53. The minimum atomic E-state index is -3.51. The van der Waals surface area contributed by atoms with Crippen molar-refractivity contribution in [2.45, 2.75) is 4.90 Å². The van der Waals surface area contributed by atoms with Crippen LogP contribution in [0.3, 0.4) is 0 Å². The van der Waals surface area contributed by atoms with Crippen molar-refractivity contribution < 1.29 is 13.2 Å². The predicted octanol–water partition coefficient (Wildman–Crippen LogP) is 3.06. The second kappa shape index (κ2) is 8.42. The van der Waals surface area contributed by atoms with Crippen molar-refractivity contribution in [2.24, 2.45) is 0 Å². The molecule has 7 nitrogen and oxygen atoms in total. The van der Waals surface area contributed by atoms with Crippen molar-refractivity contribution >= 4 is 49.5 Å². The topological polar surface area (TPSA) is 83.6 Å². The third kappa shape index (κ3) is 4.38. The molecule has 150 valence electrons. The molecule has 0 saturated carbocycles. The first kappa shape index (κ1) is 19.7. The number of benzene rings is 2. The lowest BCUT2D eigenvalue weighted by Gasteiger charge is -2.26. The molecule has 3 aromatic rings. The maximum Gasteiger partial charge on any atom is 0.243 e. The van der Waals surface area contributed by atoms with Gasteiger partial charge in [0.05, 0.1) is 18.1 Å². The van der Waals surface area contributed by atoms with Gasteiger partial charge in [-0.25, -0.2) is 8.42 Å². The number of nitrogens with one attached hydrogen (secondary N) is 2. The third-order valence-electron chi connectivity index (χ3n) is 4.65. The number of fused-ring (bicyclic) bond motifs is 1. The van der Waals surface area contributed by atoms with Gasteiger partial charge < -0.3 is 15.4 Å². The van der Waals surface area contributed by atoms with E-state index in [4.69, 9.17) is 17.0 Å². The van der Waals surface area contributed by atoms with Crippen molar-refractivity contribution in [3.63, 3.8) is 0 Å². The zero-order valence-electron chi connectivity index (χ0n) is 15.5. The highest BCUT2D eigenvalue weighted by Crippen LogP contribution is 2.23. The van der Waals surface area contributed by atoms with Crippen LogP contribution in [0.25, 0.3) is 10.8 Å². The number of thiocarbonyl (C=S) groups is 1. The summed E-state index contributed by atoms with van der Waals surface area (Å²) in [5, 5.41) is 8.71. The molecule has 0 bridgehead atoms. The summed E-state index contributed by atoms with van der Waals surface area (Å²) in [6, 6.07) is 14.3. The Morgan fingerprint density at radius 2 is 1.79 bits per heavy atom. The second-order valence-electron chi connectivity index (χ2n) is 6.52. The molecule has 0 amide bonds. The SMILES string of the molecule is O=S(=O)(c1ccc(NC(=S)Nc2cccc3cnccc23)cc1)N1CCOCC1. The molecule has 2 heterocycles. The van der Waals surface area contributed by atoms with Gasteiger partial charge in [-0.2, -0.15) is 4.31 Å². The zero-order valence-corrected chi connectivity index (χ0v) is 17.2. The van der Waals surface area contributed by atoms with E-state index in [0.29, 0.717) is 37.1 Å². The second-order valence-corrected chi connectivity index (χ2v) is 8.87. The molecule has 1 saturated heterocycles. The summed E-state index contributed by atoms with van der Waals surface area (Å²) in [5.74, 6) is 0. The lowest BCUT2D eigenvalue weighted by Crippen LogP contribution is -2.40. The molecule has 2 N–H and O–H groups in total. The van der Waals surface area contributed by atoms with E-state index >= 15 is 0 Å². The monoisotopic (exact) mass is 428 g/mol. The molecule has 4 rings (SSSR count). The first-order valence-corrected chi connectivity index (χ1v) is 11.0. The Hall–Kier alpha value is -2.59. The van der Waals surface area contributed by atoms with Crippen molar-refractivity contribution in [1.29, 1.82) is 0 Å². The summed E-state index contributed by atoms with van der Waals surface area (Å²) in [4.78, 5) is 4.38. The summed E-state index contributed by atoms with van der Waals surface area (Å²) in [6.45, 7) is 1.58. The Labute approximate surface area is 174 Å². The van der Waals surface area contributed by atoms with Gasteiger partial charge in [-0.15, -0.1) is 0 Å². The highest BCUT2D eigenvalue weighted by atomic mass is 32.2. The number of ether oxygens (including phenoxy) is 1. The van der Waals surface area contributed by atoms with Gasteiger partial charge >= 0.3 is 0 Å². The van der Waals surface area contributed by atoms with Crippen LogP contribution in [0.15, 0.2) is 65.8 Å². The van der Waals surface area contributed by atoms with Crippen LogP contribution in [-0.4, -0.2) is 49.1 Å². The van der Waals surface area contributed by atoms with Crippen LogP contribution < -0.4 is 10.6 Å². The van der Waals surface area contributed by atoms with Gasteiger partial charge in [-0.05, 0) is 48.6 Å². The smallest absolute Gasteiger partial charge is 0.243 e. The molecule has 2 aromatic carbocycles. The molecular weight excluding hydrogens is 408 g/mol. The summed E-state index contributed by atoms with van der Waals surface area (Å²) < 4.78 is 32.1. The molecule has 9 heteroatoms. The highest BCUT2D eigenvalue weighted by molar-refractivity contribution is 7.89. The summed E-state index contributed by atoms with van der Waals surface area (Å²) in [7, 11) is -3.51. The number of hydrogen-bond donors (Lipinski definition) is 2. The third-order valence-corrected chi connectivity index (χ3v) is 6.77. The van der Waals surface area contributed by atoms with Crippen LogP contribution in [0.1, 0.15) is 0 Å². The van der Waals surface area contributed by atoms with Crippen molar-refractivity contribution in [3.8, 4) is 0 Å². The van der Waals surface area contributed by atoms with E-state index in [1.54, 1.807) is 36.7 Å². The van der Waals surface area contributed by atoms with Crippen LogP contribution in [0.2, 0.25) is 0 Å². The maximum absolute atomic E-state index is 12.7. The van der Waals surface area contributed by atoms with Gasteiger partial charge in [0.25, 0.3) is 0 Å². The van der Waals surface area contributed by atoms with Crippen LogP contribution in [0, 0.1) is 0 Å². The fraction of sp³-hybridized carbons (Fsp3) is 0.200. The number of rotatable bonds is 4. The molecular formula is C20H20N4O3S2. The van der Waals surface area contributed by atoms with E-state index < -0.39 is 10.0 Å². The van der Waals surface area contributed by atoms with E-state index in [9.17, 15) is 8.42 Å². The first-order chi connectivity index (χ1) is 14.0. The van der Waals surface area contributed by atoms with E-state index in [0.717, 1.165) is 16.5 Å². The van der Waals surface area contributed by atoms with E-state index in [2.05, 4.69) is 15.6 Å². The molecule has 1 aromatic heterocycles. The number of sulfonamides is 1. The average Bonchev–Trinajstić information content (AvgIpc) is 2.75. The summed E-state index contributed by atoms with van der Waals surface area (Å²) >= 11 is 5.41. The molecule has 0 unspecified atom stereocenters. The minimum Gasteiger partial charge on any atom is -0.379 e. The number of aromatic nitrogens is 1. The summed E-state index contributed by atoms with van der Waals surface area (Å²) in [5.41, 5.74) is 1.57. The Morgan fingerprint density at radius 1 is 1.03 bits per heavy atom. The quantitative estimate of drug-likeness (QED) is 0.618. The number of morpholine rings is 1. The van der Waals surface area contributed by atoms with Crippen LogP contribution in [0.5, 0.6) is 0 Å². The standard InChI is InChI=1S/C20H20N4O3S2/c25-29(26,24-10-12-27-13-11-24)17-6-4-16(5-7-17)22-20(28)23-19-3-1-2-15-14-21-9-8-18(15)19/h1-9,14H,10-13H2,(H2,22,23,28).